The van der Waals surface area contributed by atoms with E-state index in [1.807, 2.05) is 0 Å². The molecular weight excluding hydrogens is 372 g/mol. The highest BCUT2D eigenvalue weighted by Gasteiger charge is 2.16. The van der Waals surface area contributed by atoms with Crippen LogP contribution in [-0.2, 0) is 14.1 Å². The number of hydrogen-bond donors (Lipinski definition) is 2. The molecule has 0 radical (unpaired) electrons. The Bertz CT molecular complexity index is 1350. The largest absolute Gasteiger partial charge is 0.332 e. The molecular formula is C17H13ClN6O3. The Kier molecular flexibility index (Phi) is 3.81. The van der Waals surface area contributed by atoms with Gasteiger partial charge in [-0.05, 0) is 24.3 Å². The van der Waals surface area contributed by atoms with Crippen LogP contribution in [0, 0.1) is 0 Å². The number of nitrogens with one attached hydrogen (secondary N) is 2. The van der Waals surface area contributed by atoms with E-state index in [0.29, 0.717) is 21.7 Å². The number of anilines is 1. The van der Waals surface area contributed by atoms with Crippen LogP contribution in [0.1, 0.15) is 10.5 Å². The molecule has 1 amide bonds. The summed E-state index contributed by atoms with van der Waals surface area (Å²) in [5.41, 5.74) is -0.215. The van der Waals surface area contributed by atoms with Crippen LogP contribution in [0.2, 0.25) is 5.02 Å². The Morgan fingerprint density at radius 2 is 1.89 bits per heavy atom. The van der Waals surface area contributed by atoms with Crippen molar-refractivity contribution in [1.29, 1.82) is 0 Å². The first kappa shape index (κ1) is 17.0. The highest BCUT2D eigenvalue weighted by molar-refractivity contribution is 6.35. The average Bonchev–Trinajstić information content (AvgIpc) is 3.08. The van der Waals surface area contributed by atoms with E-state index in [1.54, 1.807) is 18.2 Å². The second-order valence-electron chi connectivity index (χ2n) is 5.96. The van der Waals surface area contributed by atoms with Gasteiger partial charge in [0.2, 0.25) is 0 Å². The molecule has 0 saturated heterocycles. The number of fused-ring (bicyclic) bond motifs is 2. The van der Waals surface area contributed by atoms with Gasteiger partial charge in [0.05, 0.1) is 15.9 Å². The molecule has 0 saturated carbocycles. The Labute approximate surface area is 156 Å². The quantitative estimate of drug-likeness (QED) is 0.542. The summed E-state index contributed by atoms with van der Waals surface area (Å²) in [6, 6.07) is 8.11. The van der Waals surface area contributed by atoms with Gasteiger partial charge in [0.1, 0.15) is 11.3 Å². The molecule has 136 valence electrons. The second-order valence-corrected chi connectivity index (χ2v) is 6.37. The molecule has 4 aromatic rings. The number of nitrogens with zero attached hydrogens (tertiary/aromatic N) is 4. The summed E-state index contributed by atoms with van der Waals surface area (Å²) in [7, 11) is 2.88. The zero-order valence-corrected chi connectivity index (χ0v) is 15.0. The fraction of sp³-hybridized carbons (Fsp3) is 0.118. The summed E-state index contributed by atoms with van der Waals surface area (Å²) in [6.07, 6.45) is 0. The molecule has 4 rings (SSSR count). The molecule has 0 atom stereocenters. The van der Waals surface area contributed by atoms with Crippen molar-refractivity contribution in [2.75, 3.05) is 5.32 Å². The smallest absolute Gasteiger partial charge is 0.303 e. The van der Waals surface area contributed by atoms with Gasteiger partial charge < -0.3 is 5.32 Å². The molecule has 0 unspecified atom stereocenters. The summed E-state index contributed by atoms with van der Waals surface area (Å²) in [5.74, 6) is -0.226. The number of carbonyl (C=O) groups excluding carboxylic acids is 1. The minimum atomic E-state index is -0.529. The summed E-state index contributed by atoms with van der Waals surface area (Å²) in [5, 5.41) is 10.9. The zero-order valence-electron chi connectivity index (χ0n) is 14.3. The number of aryl methyl sites for hydroxylation is 1. The number of para-hydroxylation sites is 1. The standard InChI is InChI=1S/C17H13ClN6O3/c1-23-14-9(16(26)24(2)17(23)27)6-7-11(19-14)15(25)20-13-8-4-3-5-10(18)12(8)21-22-13/h3-7H,1-2H3,(H2,20,21,22,25). The minimum Gasteiger partial charge on any atom is -0.303 e. The highest BCUT2D eigenvalue weighted by atomic mass is 35.5. The van der Waals surface area contributed by atoms with Gasteiger partial charge in [-0.3, -0.25) is 23.8 Å². The number of H-pyrrole nitrogens is 1. The Hall–Kier alpha value is -3.46. The Balaban J connectivity index is 1.78. The van der Waals surface area contributed by atoms with Crippen molar-refractivity contribution >= 4 is 45.3 Å². The predicted octanol–water partition coefficient (Wildman–Crippen LogP) is 1.41. The van der Waals surface area contributed by atoms with Crippen LogP contribution in [0.5, 0.6) is 0 Å². The second kappa shape index (κ2) is 6.06. The van der Waals surface area contributed by atoms with Gasteiger partial charge in [0.25, 0.3) is 11.5 Å². The molecule has 0 aliphatic heterocycles. The summed E-state index contributed by atoms with van der Waals surface area (Å²) < 4.78 is 2.21. The van der Waals surface area contributed by atoms with Crippen LogP contribution in [0.15, 0.2) is 39.9 Å². The first-order chi connectivity index (χ1) is 12.9. The minimum absolute atomic E-state index is 0.0453. The van der Waals surface area contributed by atoms with Crippen molar-refractivity contribution in [2.45, 2.75) is 0 Å². The molecule has 0 bridgehead atoms. The topological polar surface area (TPSA) is 115 Å². The maximum Gasteiger partial charge on any atom is 0.332 e. The van der Waals surface area contributed by atoms with Crippen LogP contribution < -0.4 is 16.6 Å². The molecule has 0 fully saturated rings. The fourth-order valence-corrected chi connectivity index (χ4v) is 3.07. The van der Waals surface area contributed by atoms with E-state index in [-0.39, 0.29) is 16.7 Å². The lowest BCUT2D eigenvalue weighted by atomic mass is 10.2. The fourth-order valence-electron chi connectivity index (χ4n) is 2.85. The molecule has 2 N–H and O–H groups in total. The normalized spacial score (nSPS) is 11.2. The number of rotatable bonds is 2. The third-order valence-electron chi connectivity index (χ3n) is 4.31. The molecule has 27 heavy (non-hydrogen) atoms. The van der Waals surface area contributed by atoms with Crippen molar-refractivity contribution in [1.82, 2.24) is 24.3 Å². The van der Waals surface area contributed by atoms with Crippen molar-refractivity contribution in [3.63, 3.8) is 0 Å². The molecule has 9 nitrogen and oxygen atoms in total. The number of amides is 1. The van der Waals surface area contributed by atoms with E-state index in [2.05, 4.69) is 20.5 Å². The number of hydrogen-bond acceptors (Lipinski definition) is 5. The SMILES string of the molecule is Cn1c(=O)c2ccc(C(=O)Nc3n[nH]c4c(Cl)cccc34)nc2n(C)c1=O. The van der Waals surface area contributed by atoms with E-state index in [4.69, 9.17) is 11.6 Å². The number of aromatic nitrogens is 5. The number of halogens is 1. The molecule has 0 spiro atoms. The van der Waals surface area contributed by atoms with Gasteiger partial charge in [0.15, 0.2) is 5.82 Å². The van der Waals surface area contributed by atoms with Gasteiger partial charge in [0, 0.05) is 19.5 Å². The van der Waals surface area contributed by atoms with Crippen LogP contribution >= 0.6 is 11.6 Å². The van der Waals surface area contributed by atoms with Crippen LogP contribution in [0.25, 0.3) is 21.9 Å². The van der Waals surface area contributed by atoms with Crippen LogP contribution in [0.3, 0.4) is 0 Å². The average molecular weight is 385 g/mol. The zero-order chi connectivity index (χ0) is 19.3. The first-order valence-corrected chi connectivity index (χ1v) is 8.27. The molecule has 0 aliphatic rings. The lowest BCUT2D eigenvalue weighted by molar-refractivity contribution is 0.102. The first-order valence-electron chi connectivity index (χ1n) is 7.89. The monoisotopic (exact) mass is 384 g/mol. The van der Waals surface area contributed by atoms with Gasteiger partial charge in [-0.25, -0.2) is 9.78 Å². The van der Waals surface area contributed by atoms with E-state index in [1.165, 1.54) is 30.8 Å². The van der Waals surface area contributed by atoms with Crippen molar-refractivity contribution in [2.24, 2.45) is 14.1 Å². The molecule has 3 aromatic heterocycles. The number of aromatic amines is 1. The maximum atomic E-state index is 12.6. The lowest BCUT2D eigenvalue weighted by Crippen LogP contribution is -2.37. The molecule has 1 aromatic carbocycles. The third-order valence-corrected chi connectivity index (χ3v) is 4.63. The molecule has 3 heterocycles. The summed E-state index contributed by atoms with van der Waals surface area (Å²) in [6.45, 7) is 0. The molecule has 10 heteroatoms. The summed E-state index contributed by atoms with van der Waals surface area (Å²) >= 11 is 6.09. The van der Waals surface area contributed by atoms with Crippen molar-refractivity contribution < 1.29 is 4.79 Å². The number of pyridine rings is 1. The molecule has 0 aliphatic carbocycles. The van der Waals surface area contributed by atoms with E-state index >= 15 is 0 Å². The third kappa shape index (κ3) is 2.59. The number of benzene rings is 1. The number of carbonyl (C=O) groups is 1. The Morgan fingerprint density at radius 3 is 2.67 bits per heavy atom. The van der Waals surface area contributed by atoms with Crippen LogP contribution in [-0.4, -0.2) is 30.2 Å². The van der Waals surface area contributed by atoms with Gasteiger partial charge >= 0.3 is 5.69 Å². The van der Waals surface area contributed by atoms with E-state index in [0.717, 1.165) is 4.57 Å². The van der Waals surface area contributed by atoms with Crippen molar-refractivity contribution in [3.8, 4) is 0 Å². The summed E-state index contributed by atoms with van der Waals surface area (Å²) in [4.78, 5) is 41.1. The maximum absolute atomic E-state index is 12.6. The van der Waals surface area contributed by atoms with E-state index < -0.39 is 17.2 Å². The Morgan fingerprint density at radius 1 is 1.11 bits per heavy atom. The highest BCUT2D eigenvalue weighted by Crippen LogP contribution is 2.26. The predicted molar refractivity (Wildman–Crippen MR) is 101 cm³/mol. The lowest BCUT2D eigenvalue weighted by Gasteiger charge is -2.08. The van der Waals surface area contributed by atoms with Crippen LogP contribution in [0.4, 0.5) is 5.82 Å². The van der Waals surface area contributed by atoms with Gasteiger partial charge in [-0.1, -0.05) is 17.7 Å². The van der Waals surface area contributed by atoms with E-state index in [9.17, 15) is 14.4 Å². The van der Waals surface area contributed by atoms with Gasteiger partial charge in [-0.15, -0.1) is 0 Å². The van der Waals surface area contributed by atoms with Gasteiger partial charge in [-0.2, -0.15) is 5.10 Å². The van der Waals surface area contributed by atoms with Crippen molar-refractivity contribution in [3.05, 3.63) is 61.9 Å².